The highest BCUT2D eigenvalue weighted by atomic mass is 35.5. The Balaban J connectivity index is 0.00000162. The largest absolute Gasteiger partial charge is 0.353 e. The molecule has 0 radical (unpaired) electrons. The molecule has 3 N–H and O–H groups in total. The Labute approximate surface area is 117 Å². The minimum absolute atomic E-state index is 0. The van der Waals surface area contributed by atoms with Gasteiger partial charge in [-0.3, -0.25) is 4.79 Å². The summed E-state index contributed by atoms with van der Waals surface area (Å²) in [6.45, 7) is 4.24. The molecule has 3 nitrogen and oxygen atoms in total. The summed E-state index contributed by atoms with van der Waals surface area (Å²) in [5.41, 5.74) is 5.96. The second kappa shape index (κ2) is 6.25. The highest BCUT2D eigenvalue weighted by molar-refractivity contribution is 5.85. The first-order valence-corrected chi connectivity index (χ1v) is 7.14. The van der Waals surface area contributed by atoms with Gasteiger partial charge in [0.25, 0.3) is 0 Å². The van der Waals surface area contributed by atoms with Crippen molar-refractivity contribution < 1.29 is 4.79 Å². The van der Waals surface area contributed by atoms with Crippen molar-refractivity contribution in [2.75, 3.05) is 0 Å². The number of amides is 1. The van der Waals surface area contributed by atoms with E-state index in [0.717, 1.165) is 25.2 Å². The Bertz CT molecular complexity index is 294. The highest BCUT2D eigenvalue weighted by Gasteiger charge is 2.42. The van der Waals surface area contributed by atoms with Crippen molar-refractivity contribution >= 4 is 18.3 Å². The summed E-state index contributed by atoms with van der Waals surface area (Å²) in [5.74, 6) is 0.967. The van der Waals surface area contributed by atoms with E-state index in [0.29, 0.717) is 6.04 Å². The molecule has 0 aromatic heterocycles. The smallest absolute Gasteiger partial charge is 0.225 e. The van der Waals surface area contributed by atoms with Gasteiger partial charge in [0.1, 0.15) is 0 Å². The summed E-state index contributed by atoms with van der Waals surface area (Å²) in [6.07, 6.45) is 7.89. The zero-order chi connectivity index (χ0) is 12.5. The molecule has 4 heteroatoms. The standard InChI is InChI=1S/C14H26N2O.ClH/c1-3-6-10-9-12(10)16-13(17)11-7-4-5-8-14(11,2)15;/h10-12H,3-9,15H2,1-2H3,(H,16,17);1H. The van der Waals surface area contributed by atoms with E-state index in [4.69, 9.17) is 5.73 Å². The molecule has 4 atom stereocenters. The van der Waals surface area contributed by atoms with E-state index in [1.165, 1.54) is 25.7 Å². The molecule has 2 rings (SSSR count). The Morgan fingerprint density at radius 3 is 2.78 bits per heavy atom. The van der Waals surface area contributed by atoms with Crippen molar-refractivity contribution in [2.24, 2.45) is 17.6 Å². The first-order valence-electron chi connectivity index (χ1n) is 7.14. The van der Waals surface area contributed by atoms with Gasteiger partial charge in [0.05, 0.1) is 5.92 Å². The Kier molecular flexibility index (Phi) is 5.47. The molecule has 4 unspecified atom stereocenters. The van der Waals surface area contributed by atoms with Crippen LogP contribution in [0.15, 0.2) is 0 Å². The van der Waals surface area contributed by atoms with Crippen molar-refractivity contribution in [3.05, 3.63) is 0 Å². The van der Waals surface area contributed by atoms with E-state index in [1.54, 1.807) is 0 Å². The zero-order valence-electron chi connectivity index (χ0n) is 11.6. The molecular weight excluding hydrogens is 248 g/mol. The average Bonchev–Trinajstić information content (AvgIpc) is 2.96. The van der Waals surface area contributed by atoms with Crippen LogP contribution in [0.5, 0.6) is 0 Å². The molecule has 0 bridgehead atoms. The minimum atomic E-state index is -0.294. The Hall–Kier alpha value is -0.280. The fourth-order valence-electron chi connectivity index (χ4n) is 3.19. The van der Waals surface area contributed by atoms with Gasteiger partial charge < -0.3 is 11.1 Å². The predicted molar refractivity (Wildman–Crippen MR) is 76.7 cm³/mol. The van der Waals surface area contributed by atoms with Gasteiger partial charge in [-0.15, -0.1) is 12.4 Å². The molecular formula is C14H27ClN2O. The lowest BCUT2D eigenvalue weighted by Crippen LogP contribution is -2.53. The van der Waals surface area contributed by atoms with E-state index in [-0.39, 0.29) is 29.8 Å². The van der Waals surface area contributed by atoms with Gasteiger partial charge in [-0.2, -0.15) is 0 Å². The lowest BCUT2D eigenvalue weighted by molar-refractivity contribution is -0.128. The molecule has 0 aromatic carbocycles. The number of nitrogens with one attached hydrogen (secondary N) is 1. The van der Waals surface area contributed by atoms with Crippen LogP contribution in [0.2, 0.25) is 0 Å². The van der Waals surface area contributed by atoms with E-state index in [9.17, 15) is 4.79 Å². The molecule has 0 saturated heterocycles. The quantitative estimate of drug-likeness (QED) is 0.828. The summed E-state index contributed by atoms with van der Waals surface area (Å²) in [7, 11) is 0. The summed E-state index contributed by atoms with van der Waals surface area (Å²) >= 11 is 0. The van der Waals surface area contributed by atoms with Crippen molar-refractivity contribution in [2.45, 2.75) is 70.4 Å². The fourth-order valence-corrected chi connectivity index (χ4v) is 3.19. The van der Waals surface area contributed by atoms with Crippen LogP contribution in [0.4, 0.5) is 0 Å². The SMILES string of the molecule is CCCC1CC1NC(=O)C1CCCCC1(C)N.Cl. The van der Waals surface area contributed by atoms with E-state index in [2.05, 4.69) is 12.2 Å². The van der Waals surface area contributed by atoms with Gasteiger partial charge in [0.2, 0.25) is 5.91 Å². The monoisotopic (exact) mass is 274 g/mol. The van der Waals surface area contributed by atoms with Crippen LogP contribution in [0.3, 0.4) is 0 Å². The van der Waals surface area contributed by atoms with Crippen LogP contribution in [0.1, 0.15) is 58.8 Å². The second-order valence-electron chi connectivity index (χ2n) is 6.20. The lowest BCUT2D eigenvalue weighted by Gasteiger charge is -2.37. The second-order valence-corrected chi connectivity index (χ2v) is 6.20. The third-order valence-corrected chi connectivity index (χ3v) is 4.48. The van der Waals surface area contributed by atoms with Crippen molar-refractivity contribution in [1.29, 1.82) is 0 Å². The number of hydrogen-bond acceptors (Lipinski definition) is 2. The third kappa shape index (κ3) is 3.61. The summed E-state index contributed by atoms with van der Waals surface area (Å²) < 4.78 is 0. The molecule has 1 amide bonds. The maximum Gasteiger partial charge on any atom is 0.225 e. The molecule has 2 aliphatic rings. The van der Waals surface area contributed by atoms with Crippen LogP contribution >= 0.6 is 12.4 Å². The van der Waals surface area contributed by atoms with Crippen molar-refractivity contribution in [3.63, 3.8) is 0 Å². The van der Waals surface area contributed by atoms with Gasteiger partial charge in [-0.1, -0.05) is 26.2 Å². The van der Waals surface area contributed by atoms with Crippen LogP contribution < -0.4 is 11.1 Å². The lowest BCUT2D eigenvalue weighted by atomic mass is 9.74. The average molecular weight is 275 g/mol. The van der Waals surface area contributed by atoms with Crippen LogP contribution in [-0.2, 0) is 4.79 Å². The van der Waals surface area contributed by atoms with E-state index in [1.807, 2.05) is 6.92 Å². The van der Waals surface area contributed by atoms with Gasteiger partial charge >= 0.3 is 0 Å². The van der Waals surface area contributed by atoms with Gasteiger partial charge in [0, 0.05) is 11.6 Å². The number of halogens is 1. The molecule has 0 heterocycles. The van der Waals surface area contributed by atoms with Crippen molar-refractivity contribution in [3.8, 4) is 0 Å². The van der Waals surface area contributed by atoms with Gasteiger partial charge in [-0.25, -0.2) is 0 Å². The molecule has 2 saturated carbocycles. The van der Waals surface area contributed by atoms with Gasteiger partial charge in [-0.05, 0) is 38.5 Å². The molecule has 2 aliphatic carbocycles. The zero-order valence-corrected chi connectivity index (χ0v) is 12.4. The molecule has 0 aromatic rings. The maximum absolute atomic E-state index is 12.2. The van der Waals surface area contributed by atoms with Crippen LogP contribution in [0.25, 0.3) is 0 Å². The molecule has 2 fully saturated rings. The normalized spacial score (nSPS) is 38.7. The first-order chi connectivity index (χ1) is 8.04. The molecule has 106 valence electrons. The van der Waals surface area contributed by atoms with Crippen LogP contribution in [0, 0.1) is 11.8 Å². The Morgan fingerprint density at radius 2 is 2.17 bits per heavy atom. The highest BCUT2D eigenvalue weighted by Crippen LogP contribution is 2.36. The Morgan fingerprint density at radius 1 is 1.44 bits per heavy atom. The topological polar surface area (TPSA) is 55.1 Å². The molecule has 18 heavy (non-hydrogen) atoms. The number of carbonyl (C=O) groups excluding carboxylic acids is 1. The fraction of sp³-hybridized carbons (Fsp3) is 0.929. The third-order valence-electron chi connectivity index (χ3n) is 4.48. The van der Waals surface area contributed by atoms with E-state index >= 15 is 0 Å². The number of nitrogens with two attached hydrogens (primary N) is 1. The minimum Gasteiger partial charge on any atom is -0.353 e. The van der Waals surface area contributed by atoms with Gasteiger partial charge in [0.15, 0.2) is 0 Å². The summed E-state index contributed by atoms with van der Waals surface area (Å²) in [5, 5.41) is 3.20. The molecule has 0 aliphatic heterocycles. The van der Waals surface area contributed by atoms with Crippen LogP contribution in [-0.4, -0.2) is 17.5 Å². The predicted octanol–water partition coefficient (Wildman–Crippen LogP) is 2.62. The maximum atomic E-state index is 12.2. The first kappa shape index (κ1) is 15.8. The van der Waals surface area contributed by atoms with Crippen molar-refractivity contribution in [1.82, 2.24) is 5.32 Å². The number of rotatable bonds is 4. The number of carbonyl (C=O) groups is 1. The number of hydrogen-bond donors (Lipinski definition) is 2. The summed E-state index contributed by atoms with van der Waals surface area (Å²) in [6, 6.07) is 0.445. The molecule has 0 spiro atoms. The van der Waals surface area contributed by atoms with E-state index < -0.39 is 0 Å². The summed E-state index contributed by atoms with van der Waals surface area (Å²) in [4.78, 5) is 12.2.